The molecular formula is C18H23N3O4S. The van der Waals surface area contributed by atoms with E-state index in [1.165, 1.54) is 12.1 Å². The van der Waals surface area contributed by atoms with Crippen molar-refractivity contribution in [2.75, 3.05) is 35.9 Å². The van der Waals surface area contributed by atoms with E-state index in [1.807, 2.05) is 19.9 Å². The second-order valence-electron chi connectivity index (χ2n) is 6.24. The van der Waals surface area contributed by atoms with Crippen LogP contribution in [0.5, 0.6) is 5.75 Å². The Labute approximate surface area is 154 Å². The van der Waals surface area contributed by atoms with Gasteiger partial charge in [-0.05, 0) is 50.2 Å². The minimum Gasteiger partial charge on any atom is -0.491 e. The predicted octanol–water partition coefficient (Wildman–Crippen LogP) is 2.51. The van der Waals surface area contributed by atoms with Gasteiger partial charge in [0, 0.05) is 13.1 Å². The summed E-state index contributed by atoms with van der Waals surface area (Å²) in [5.74, 6) is 0.913. The smallest absolute Gasteiger partial charge is 0.263 e. The fourth-order valence-corrected chi connectivity index (χ4v) is 3.63. The summed E-state index contributed by atoms with van der Waals surface area (Å²) < 4.78 is 38.4. The van der Waals surface area contributed by atoms with Crippen molar-refractivity contribution < 1.29 is 17.9 Å². The summed E-state index contributed by atoms with van der Waals surface area (Å²) in [5.41, 5.74) is 0.950. The summed E-state index contributed by atoms with van der Waals surface area (Å²) in [7, 11) is -3.70. The van der Waals surface area contributed by atoms with Crippen LogP contribution in [0.1, 0.15) is 13.8 Å². The molecule has 1 aliphatic rings. The van der Waals surface area contributed by atoms with Crippen molar-refractivity contribution in [3.63, 3.8) is 0 Å². The highest BCUT2D eigenvalue weighted by Crippen LogP contribution is 2.21. The first kappa shape index (κ1) is 18.5. The van der Waals surface area contributed by atoms with Crippen molar-refractivity contribution in [2.24, 2.45) is 0 Å². The fourth-order valence-electron chi connectivity index (χ4n) is 2.62. The van der Waals surface area contributed by atoms with Crippen molar-refractivity contribution in [3.8, 4) is 5.75 Å². The van der Waals surface area contributed by atoms with Crippen molar-refractivity contribution in [3.05, 3.63) is 42.6 Å². The molecule has 26 heavy (non-hydrogen) atoms. The molecule has 1 aromatic carbocycles. The van der Waals surface area contributed by atoms with Gasteiger partial charge in [0.25, 0.3) is 10.0 Å². The van der Waals surface area contributed by atoms with Gasteiger partial charge < -0.3 is 14.4 Å². The maximum atomic E-state index is 12.5. The lowest BCUT2D eigenvalue weighted by atomic mass is 10.3. The molecule has 1 aromatic heterocycles. The molecule has 0 amide bonds. The number of morpholine rings is 1. The van der Waals surface area contributed by atoms with E-state index in [9.17, 15) is 8.42 Å². The Hall–Kier alpha value is -2.32. The van der Waals surface area contributed by atoms with Crippen molar-refractivity contribution in [1.82, 2.24) is 4.98 Å². The zero-order valence-electron chi connectivity index (χ0n) is 14.9. The van der Waals surface area contributed by atoms with Crippen LogP contribution < -0.4 is 14.4 Å². The molecule has 0 spiro atoms. The number of ether oxygens (including phenoxy) is 2. The molecule has 0 atom stereocenters. The molecule has 0 saturated carbocycles. The van der Waals surface area contributed by atoms with Gasteiger partial charge in [-0.25, -0.2) is 13.4 Å². The first-order chi connectivity index (χ1) is 12.4. The lowest BCUT2D eigenvalue weighted by Gasteiger charge is -2.28. The second-order valence-corrected chi connectivity index (χ2v) is 7.93. The van der Waals surface area contributed by atoms with E-state index >= 15 is 0 Å². The van der Waals surface area contributed by atoms with Gasteiger partial charge in [0.2, 0.25) is 0 Å². The van der Waals surface area contributed by atoms with E-state index in [0.29, 0.717) is 19.0 Å². The average Bonchev–Trinajstić information content (AvgIpc) is 2.63. The first-order valence-corrected chi connectivity index (χ1v) is 10.0. The SMILES string of the molecule is CC(C)Oc1ccc(S(=O)(=O)Nc2ccc(N3CCOCC3)cn2)cc1. The highest BCUT2D eigenvalue weighted by molar-refractivity contribution is 7.92. The van der Waals surface area contributed by atoms with E-state index in [4.69, 9.17) is 9.47 Å². The number of sulfonamides is 1. The molecule has 1 aliphatic heterocycles. The molecule has 1 fully saturated rings. The Bertz CT molecular complexity index is 815. The molecule has 1 saturated heterocycles. The number of anilines is 2. The van der Waals surface area contributed by atoms with Gasteiger partial charge in [-0.1, -0.05) is 0 Å². The fraction of sp³-hybridized carbons (Fsp3) is 0.389. The van der Waals surface area contributed by atoms with E-state index < -0.39 is 10.0 Å². The highest BCUT2D eigenvalue weighted by atomic mass is 32.2. The number of rotatable bonds is 6. The number of nitrogens with one attached hydrogen (secondary N) is 1. The van der Waals surface area contributed by atoms with Crippen molar-refractivity contribution in [2.45, 2.75) is 24.8 Å². The topological polar surface area (TPSA) is 80.8 Å². The number of benzene rings is 1. The van der Waals surface area contributed by atoms with Crippen molar-refractivity contribution >= 4 is 21.5 Å². The van der Waals surface area contributed by atoms with E-state index in [0.717, 1.165) is 18.8 Å². The molecule has 140 valence electrons. The molecule has 2 aromatic rings. The molecule has 0 unspecified atom stereocenters. The molecule has 3 rings (SSSR count). The van der Waals surface area contributed by atoms with Gasteiger partial charge in [-0.2, -0.15) is 0 Å². The molecule has 2 heterocycles. The molecule has 0 aliphatic carbocycles. The summed E-state index contributed by atoms with van der Waals surface area (Å²) in [6.07, 6.45) is 1.70. The van der Waals surface area contributed by atoms with Crippen LogP contribution in [0.2, 0.25) is 0 Å². The third kappa shape index (κ3) is 4.64. The Morgan fingerprint density at radius 2 is 1.81 bits per heavy atom. The highest BCUT2D eigenvalue weighted by Gasteiger charge is 2.16. The van der Waals surface area contributed by atoms with Crippen LogP contribution in [0.15, 0.2) is 47.5 Å². The minimum atomic E-state index is -3.70. The van der Waals surface area contributed by atoms with Crippen molar-refractivity contribution in [1.29, 1.82) is 0 Å². The van der Waals surface area contributed by atoms with Gasteiger partial charge >= 0.3 is 0 Å². The lowest BCUT2D eigenvalue weighted by Crippen LogP contribution is -2.36. The van der Waals surface area contributed by atoms with Gasteiger partial charge in [-0.3, -0.25) is 4.72 Å². The third-order valence-electron chi connectivity index (χ3n) is 3.87. The maximum absolute atomic E-state index is 12.5. The number of hydrogen-bond donors (Lipinski definition) is 1. The van der Waals surface area contributed by atoms with Crippen LogP contribution >= 0.6 is 0 Å². The molecule has 8 heteroatoms. The molecule has 0 radical (unpaired) electrons. The van der Waals surface area contributed by atoms with Gasteiger partial charge in [-0.15, -0.1) is 0 Å². The largest absolute Gasteiger partial charge is 0.491 e. The van der Waals surface area contributed by atoms with Crippen LogP contribution in [-0.4, -0.2) is 45.8 Å². The standard InChI is InChI=1S/C18H23N3O4S/c1-14(2)25-16-4-6-17(7-5-16)26(22,23)20-18-8-3-15(13-19-18)21-9-11-24-12-10-21/h3-8,13-14H,9-12H2,1-2H3,(H,19,20). The zero-order chi connectivity index (χ0) is 18.6. The summed E-state index contributed by atoms with van der Waals surface area (Å²) in [5, 5.41) is 0. The average molecular weight is 377 g/mol. The zero-order valence-corrected chi connectivity index (χ0v) is 15.7. The van der Waals surface area contributed by atoms with Gasteiger partial charge in [0.05, 0.1) is 36.1 Å². The van der Waals surface area contributed by atoms with E-state index in [-0.39, 0.29) is 16.8 Å². The Kier molecular flexibility index (Phi) is 5.63. The predicted molar refractivity (Wildman–Crippen MR) is 100 cm³/mol. The number of hydrogen-bond acceptors (Lipinski definition) is 6. The number of pyridine rings is 1. The lowest BCUT2D eigenvalue weighted by molar-refractivity contribution is 0.122. The van der Waals surface area contributed by atoms with Crippen LogP contribution in [0.25, 0.3) is 0 Å². The number of aromatic nitrogens is 1. The quantitative estimate of drug-likeness (QED) is 0.833. The van der Waals surface area contributed by atoms with Crippen LogP contribution in [0, 0.1) is 0 Å². The van der Waals surface area contributed by atoms with Gasteiger partial charge in [0.1, 0.15) is 11.6 Å². The summed E-state index contributed by atoms with van der Waals surface area (Å²) >= 11 is 0. The van der Waals surface area contributed by atoms with Crippen LogP contribution in [-0.2, 0) is 14.8 Å². The molecular weight excluding hydrogens is 354 g/mol. The molecule has 0 bridgehead atoms. The van der Waals surface area contributed by atoms with Crippen LogP contribution in [0.3, 0.4) is 0 Å². The molecule has 1 N–H and O–H groups in total. The normalized spacial score (nSPS) is 15.1. The third-order valence-corrected chi connectivity index (χ3v) is 5.24. The Morgan fingerprint density at radius 1 is 1.12 bits per heavy atom. The Balaban J connectivity index is 1.68. The van der Waals surface area contributed by atoms with E-state index in [2.05, 4.69) is 14.6 Å². The van der Waals surface area contributed by atoms with Gasteiger partial charge in [0.15, 0.2) is 0 Å². The minimum absolute atomic E-state index is 0.0322. The monoisotopic (exact) mass is 377 g/mol. The second kappa shape index (κ2) is 7.92. The summed E-state index contributed by atoms with van der Waals surface area (Å²) in [6, 6.07) is 9.84. The van der Waals surface area contributed by atoms with Crippen LogP contribution in [0.4, 0.5) is 11.5 Å². The molecule has 7 nitrogen and oxygen atoms in total. The maximum Gasteiger partial charge on any atom is 0.263 e. The first-order valence-electron chi connectivity index (χ1n) is 8.52. The van der Waals surface area contributed by atoms with E-state index in [1.54, 1.807) is 24.4 Å². The summed E-state index contributed by atoms with van der Waals surface area (Å²) in [6.45, 7) is 6.81. The number of nitrogens with zero attached hydrogens (tertiary/aromatic N) is 2. The Morgan fingerprint density at radius 3 is 2.38 bits per heavy atom. The summed E-state index contributed by atoms with van der Waals surface area (Å²) in [4.78, 5) is 6.54.